The van der Waals surface area contributed by atoms with Crippen molar-refractivity contribution in [2.24, 2.45) is 0 Å². The maximum atomic E-state index is 12.8. The Morgan fingerprint density at radius 3 is 2.57 bits per heavy atom. The molecular weight excluding hydrogens is 412 g/mol. The van der Waals surface area contributed by atoms with Crippen molar-refractivity contribution in [2.45, 2.75) is 26.8 Å². The Morgan fingerprint density at radius 2 is 1.93 bits per heavy atom. The predicted molar refractivity (Wildman–Crippen MR) is 112 cm³/mol. The Morgan fingerprint density at radius 1 is 1.20 bits per heavy atom. The molecule has 0 bridgehead atoms. The molecule has 1 fully saturated rings. The number of anilines is 1. The molecule has 10 heteroatoms. The number of fused-ring (bicyclic) bond motifs is 1. The number of rotatable bonds is 4. The summed E-state index contributed by atoms with van der Waals surface area (Å²) in [6, 6.07) is 5.22. The van der Waals surface area contributed by atoms with Crippen LogP contribution in [0, 0.1) is 13.8 Å². The highest BCUT2D eigenvalue weighted by atomic mass is 32.1. The Labute approximate surface area is 175 Å². The van der Waals surface area contributed by atoms with Gasteiger partial charge < -0.3 is 9.80 Å². The number of aryl methyl sites for hydroxylation is 2. The minimum Gasteiger partial charge on any atom is -0.368 e. The molecule has 0 unspecified atom stereocenters. The molecule has 1 aliphatic rings. The van der Waals surface area contributed by atoms with Crippen LogP contribution in [0.15, 0.2) is 29.3 Å². The molecule has 0 atom stereocenters. The van der Waals surface area contributed by atoms with E-state index in [1.807, 2.05) is 18.7 Å². The summed E-state index contributed by atoms with van der Waals surface area (Å²) in [7, 11) is 0. The summed E-state index contributed by atoms with van der Waals surface area (Å²) < 4.78 is 26.1. The third kappa shape index (κ3) is 3.91. The molecule has 0 spiro atoms. The van der Waals surface area contributed by atoms with Crippen LogP contribution >= 0.6 is 11.3 Å². The highest BCUT2D eigenvalue weighted by Gasteiger charge is 2.25. The Hall–Kier alpha value is -2.88. The second kappa shape index (κ2) is 8.10. The number of nitrogens with zero attached hydrogens (tertiary/aromatic N) is 5. The van der Waals surface area contributed by atoms with Gasteiger partial charge in [-0.1, -0.05) is 0 Å². The third-order valence-corrected chi connectivity index (χ3v) is 6.23. The standard InChI is InChI=1S/C20H21F2N5O2S/c1-12-18(30-13(2)24-12)20(29)26-7-5-25(6-8-26)14-3-4-15-16(9-14)23-11-27(19(15)28)10-17(21)22/h3-4,9,11,17H,5-8,10H2,1-2H3. The summed E-state index contributed by atoms with van der Waals surface area (Å²) in [5.41, 5.74) is 1.65. The number of aromatic nitrogens is 3. The number of hydrogen-bond donors (Lipinski definition) is 0. The molecule has 1 aliphatic heterocycles. The molecule has 3 heterocycles. The molecule has 4 rings (SSSR count). The van der Waals surface area contributed by atoms with Crippen LogP contribution in [0.4, 0.5) is 14.5 Å². The van der Waals surface area contributed by atoms with Crippen LogP contribution in [0.3, 0.4) is 0 Å². The van der Waals surface area contributed by atoms with Gasteiger partial charge in [-0.15, -0.1) is 11.3 Å². The van der Waals surface area contributed by atoms with Crippen LogP contribution in [0.2, 0.25) is 0 Å². The maximum Gasteiger partial charge on any atom is 0.265 e. The van der Waals surface area contributed by atoms with Crippen molar-refractivity contribution >= 4 is 33.8 Å². The normalized spacial score (nSPS) is 14.7. The lowest BCUT2D eigenvalue weighted by Gasteiger charge is -2.36. The van der Waals surface area contributed by atoms with Crippen LogP contribution in [0.25, 0.3) is 10.9 Å². The van der Waals surface area contributed by atoms with Crippen LogP contribution in [0.5, 0.6) is 0 Å². The first-order valence-corrected chi connectivity index (χ1v) is 10.4. The molecule has 1 saturated heterocycles. The average Bonchev–Trinajstić information content (AvgIpc) is 3.07. The number of carbonyl (C=O) groups excluding carboxylic acids is 1. The van der Waals surface area contributed by atoms with E-state index in [1.165, 1.54) is 11.3 Å². The molecular formula is C20H21F2N5O2S. The average molecular weight is 433 g/mol. The first kappa shape index (κ1) is 20.4. The van der Waals surface area contributed by atoms with Crippen LogP contribution in [-0.2, 0) is 6.54 Å². The number of halogens is 2. The van der Waals surface area contributed by atoms with Gasteiger partial charge in [-0.05, 0) is 32.0 Å². The fraction of sp³-hybridized carbons (Fsp3) is 0.400. The number of amides is 1. The molecule has 158 valence electrons. The summed E-state index contributed by atoms with van der Waals surface area (Å²) in [6.07, 6.45) is -1.45. The molecule has 7 nitrogen and oxygen atoms in total. The van der Waals surface area contributed by atoms with E-state index in [1.54, 1.807) is 18.2 Å². The molecule has 30 heavy (non-hydrogen) atoms. The van der Waals surface area contributed by atoms with E-state index >= 15 is 0 Å². The summed E-state index contributed by atoms with van der Waals surface area (Å²) in [4.78, 5) is 38.3. The van der Waals surface area contributed by atoms with Crippen molar-refractivity contribution in [1.29, 1.82) is 0 Å². The van der Waals surface area contributed by atoms with E-state index in [0.717, 1.165) is 27.3 Å². The van der Waals surface area contributed by atoms with Crippen molar-refractivity contribution in [3.05, 3.63) is 50.5 Å². The van der Waals surface area contributed by atoms with Crippen molar-refractivity contribution in [3.63, 3.8) is 0 Å². The van der Waals surface area contributed by atoms with E-state index < -0.39 is 18.5 Å². The van der Waals surface area contributed by atoms with Gasteiger partial charge >= 0.3 is 0 Å². The Bertz CT molecular complexity index is 1150. The van der Waals surface area contributed by atoms with Gasteiger partial charge in [0.2, 0.25) is 0 Å². The van der Waals surface area contributed by atoms with E-state index in [4.69, 9.17) is 0 Å². The quantitative estimate of drug-likeness (QED) is 0.633. The summed E-state index contributed by atoms with van der Waals surface area (Å²) in [6.45, 7) is 5.53. The molecule has 0 radical (unpaired) electrons. The largest absolute Gasteiger partial charge is 0.368 e. The minimum absolute atomic E-state index is 0.0116. The van der Waals surface area contributed by atoms with Crippen molar-refractivity contribution < 1.29 is 13.6 Å². The first-order valence-electron chi connectivity index (χ1n) is 9.59. The SMILES string of the molecule is Cc1nc(C)c(C(=O)N2CCN(c3ccc4c(=O)n(CC(F)F)cnc4c3)CC2)s1. The lowest BCUT2D eigenvalue weighted by Crippen LogP contribution is -2.48. The van der Waals surface area contributed by atoms with Crippen molar-refractivity contribution in [2.75, 3.05) is 31.1 Å². The third-order valence-electron chi connectivity index (χ3n) is 5.17. The van der Waals surface area contributed by atoms with Gasteiger partial charge in [0.1, 0.15) is 4.88 Å². The number of hydrogen-bond acceptors (Lipinski definition) is 6. The molecule has 3 aromatic rings. The predicted octanol–water partition coefficient (Wildman–Crippen LogP) is 2.70. The molecule has 0 saturated carbocycles. The van der Waals surface area contributed by atoms with E-state index in [9.17, 15) is 18.4 Å². The van der Waals surface area contributed by atoms with Crippen molar-refractivity contribution in [1.82, 2.24) is 19.4 Å². The zero-order valence-corrected chi connectivity index (χ0v) is 17.5. The number of piperazine rings is 1. The summed E-state index contributed by atoms with van der Waals surface area (Å²) in [5, 5.41) is 1.19. The van der Waals surface area contributed by atoms with Crippen LogP contribution in [-0.4, -0.2) is 57.9 Å². The number of thiazole rings is 1. The van der Waals surface area contributed by atoms with Crippen molar-refractivity contribution in [3.8, 4) is 0 Å². The second-order valence-corrected chi connectivity index (χ2v) is 8.42. The van der Waals surface area contributed by atoms with E-state index in [-0.39, 0.29) is 5.91 Å². The van der Waals surface area contributed by atoms with Gasteiger partial charge in [0.15, 0.2) is 0 Å². The highest BCUT2D eigenvalue weighted by Crippen LogP contribution is 2.23. The number of carbonyl (C=O) groups is 1. The van der Waals surface area contributed by atoms with Crippen LogP contribution < -0.4 is 10.5 Å². The first-order chi connectivity index (χ1) is 14.3. The van der Waals surface area contributed by atoms with Gasteiger partial charge in [-0.3, -0.25) is 14.2 Å². The summed E-state index contributed by atoms with van der Waals surface area (Å²) >= 11 is 1.42. The smallest absolute Gasteiger partial charge is 0.265 e. The molecule has 1 amide bonds. The van der Waals surface area contributed by atoms with Crippen LogP contribution in [0.1, 0.15) is 20.4 Å². The van der Waals surface area contributed by atoms with Gasteiger partial charge in [0, 0.05) is 31.9 Å². The molecule has 0 N–H and O–H groups in total. The fourth-order valence-electron chi connectivity index (χ4n) is 3.66. The zero-order chi connectivity index (χ0) is 21.4. The number of benzene rings is 1. The Balaban J connectivity index is 1.48. The highest BCUT2D eigenvalue weighted by molar-refractivity contribution is 7.13. The lowest BCUT2D eigenvalue weighted by molar-refractivity contribution is 0.0750. The zero-order valence-electron chi connectivity index (χ0n) is 16.6. The fourth-order valence-corrected chi connectivity index (χ4v) is 4.55. The van der Waals surface area contributed by atoms with E-state index in [0.29, 0.717) is 42.0 Å². The van der Waals surface area contributed by atoms with Gasteiger partial charge in [-0.25, -0.2) is 18.7 Å². The molecule has 1 aromatic carbocycles. The topological polar surface area (TPSA) is 71.3 Å². The maximum absolute atomic E-state index is 12.8. The molecule has 2 aromatic heterocycles. The van der Waals surface area contributed by atoms with E-state index in [2.05, 4.69) is 14.9 Å². The minimum atomic E-state index is -2.61. The monoisotopic (exact) mass is 433 g/mol. The van der Waals surface area contributed by atoms with Gasteiger partial charge in [-0.2, -0.15) is 0 Å². The molecule has 0 aliphatic carbocycles. The lowest BCUT2D eigenvalue weighted by atomic mass is 10.2. The summed E-state index contributed by atoms with van der Waals surface area (Å²) in [5.74, 6) is 0.0116. The Kier molecular flexibility index (Phi) is 5.50. The second-order valence-electron chi connectivity index (χ2n) is 7.22. The van der Waals surface area contributed by atoms with Gasteiger partial charge in [0.05, 0.1) is 34.5 Å². The number of alkyl halides is 2. The van der Waals surface area contributed by atoms with Gasteiger partial charge in [0.25, 0.3) is 17.9 Å².